The molecule has 1 N–H and O–H groups in total. The smallest absolute Gasteiger partial charge is 0.161 e. The average Bonchev–Trinajstić information content (AvgIpc) is 2.50. The van der Waals surface area contributed by atoms with Gasteiger partial charge in [0, 0.05) is 0 Å². The van der Waals surface area contributed by atoms with Gasteiger partial charge in [0.05, 0.1) is 13.2 Å². The van der Waals surface area contributed by atoms with Crippen molar-refractivity contribution in [2.75, 3.05) is 26.8 Å². The van der Waals surface area contributed by atoms with E-state index < -0.39 is 0 Å². The lowest BCUT2D eigenvalue weighted by molar-refractivity contribution is 0.282. The van der Waals surface area contributed by atoms with E-state index in [9.17, 15) is 0 Å². The Morgan fingerprint density at radius 3 is 2.48 bits per heavy atom. The molecule has 0 aromatic heterocycles. The van der Waals surface area contributed by atoms with Crippen molar-refractivity contribution < 1.29 is 9.47 Å². The first-order valence-electron chi connectivity index (χ1n) is 8.34. The van der Waals surface area contributed by atoms with E-state index in [0.717, 1.165) is 24.0 Å². The van der Waals surface area contributed by atoms with Crippen LogP contribution in [0.1, 0.15) is 51.0 Å². The van der Waals surface area contributed by atoms with Gasteiger partial charge in [-0.3, -0.25) is 0 Å². The van der Waals surface area contributed by atoms with Gasteiger partial charge >= 0.3 is 0 Å². The maximum atomic E-state index is 5.78. The molecule has 0 bridgehead atoms. The van der Waals surface area contributed by atoms with Gasteiger partial charge in [-0.05, 0) is 69.8 Å². The predicted octanol–water partition coefficient (Wildman–Crippen LogP) is 3.98. The molecule has 0 amide bonds. The Kier molecular flexibility index (Phi) is 6.37. The summed E-state index contributed by atoms with van der Waals surface area (Å²) in [5.41, 5.74) is 1.40. The lowest BCUT2D eigenvalue weighted by Crippen LogP contribution is -2.27. The number of ether oxygens (including phenoxy) is 2. The minimum Gasteiger partial charge on any atom is -0.490 e. The maximum Gasteiger partial charge on any atom is 0.161 e. The van der Waals surface area contributed by atoms with E-state index in [1.54, 1.807) is 0 Å². The summed E-state index contributed by atoms with van der Waals surface area (Å²) in [5, 5.41) is 3.35. The molecule has 0 heterocycles. The predicted molar refractivity (Wildman–Crippen MR) is 87.4 cm³/mol. The number of benzene rings is 1. The van der Waals surface area contributed by atoms with Crippen molar-refractivity contribution in [3.63, 3.8) is 0 Å². The largest absolute Gasteiger partial charge is 0.490 e. The highest BCUT2D eigenvalue weighted by Crippen LogP contribution is 2.40. The molecule has 1 fully saturated rings. The molecule has 2 unspecified atom stereocenters. The quantitative estimate of drug-likeness (QED) is 0.824. The van der Waals surface area contributed by atoms with Crippen LogP contribution < -0.4 is 14.8 Å². The fourth-order valence-corrected chi connectivity index (χ4v) is 3.45. The zero-order chi connectivity index (χ0) is 15.1. The third-order valence-corrected chi connectivity index (χ3v) is 4.37. The van der Waals surface area contributed by atoms with Crippen molar-refractivity contribution in [3.8, 4) is 11.5 Å². The van der Waals surface area contributed by atoms with E-state index >= 15 is 0 Å². The van der Waals surface area contributed by atoms with Crippen LogP contribution in [0.3, 0.4) is 0 Å². The van der Waals surface area contributed by atoms with Crippen LogP contribution in [0, 0.1) is 5.92 Å². The zero-order valence-electron chi connectivity index (χ0n) is 13.7. The van der Waals surface area contributed by atoms with E-state index in [2.05, 4.69) is 30.6 Å². The highest BCUT2D eigenvalue weighted by molar-refractivity contribution is 5.44. The summed E-state index contributed by atoms with van der Waals surface area (Å²) in [7, 11) is 2.05. The Balaban J connectivity index is 2.22. The van der Waals surface area contributed by atoms with Crippen LogP contribution in [-0.4, -0.2) is 26.8 Å². The molecule has 1 aromatic carbocycles. The first kappa shape index (κ1) is 16.2. The van der Waals surface area contributed by atoms with Crippen LogP contribution in [0.15, 0.2) is 18.2 Å². The van der Waals surface area contributed by atoms with Gasteiger partial charge in [-0.15, -0.1) is 0 Å². The Morgan fingerprint density at radius 1 is 1.05 bits per heavy atom. The molecule has 0 aliphatic heterocycles. The van der Waals surface area contributed by atoms with Gasteiger partial charge < -0.3 is 14.8 Å². The third kappa shape index (κ3) is 4.13. The average molecular weight is 291 g/mol. The van der Waals surface area contributed by atoms with Crippen molar-refractivity contribution in [2.24, 2.45) is 5.92 Å². The molecule has 1 aliphatic carbocycles. The summed E-state index contributed by atoms with van der Waals surface area (Å²) >= 11 is 0. The lowest BCUT2D eigenvalue weighted by atomic mass is 9.75. The van der Waals surface area contributed by atoms with Crippen molar-refractivity contribution in [1.82, 2.24) is 5.32 Å². The van der Waals surface area contributed by atoms with Crippen LogP contribution in [-0.2, 0) is 0 Å². The summed E-state index contributed by atoms with van der Waals surface area (Å²) in [6, 6.07) is 6.51. The third-order valence-electron chi connectivity index (χ3n) is 4.37. The van der Waals surface area contributed by atoms with E-state index in [4.69, 9.17) is 9.47 Å². The fourth-order valence-electron chi connectivity index (χ4n) is 3.45. The Hall–Kier alpha value is -1.22. The minimum atomic E-state index is 0.640. The zero-order valence-corrected chi connectivity index (χ0v) is 13.7. The molecule has 1 saturated carbocycles. The van der Waals surface area contributed by atoms with Crippen LogP contribution in [0.2, 0.25) is 0 Å². The molecule has 21 heavy (non-hydrogen) atoms. The van der Waals surface area contributed by atoms with Gasteiger partial charge in [0.15, 0.2) is 11.5 Å². The second kappa shape index (κ2) is 8.28. The van der Waals surface area contributed by atoms with Crippen LogP contribution >= 0.6 is 0 Å². The van der Waals surface area contributed by atoms with Crippen LogP contribution in [0.25, 0.3) is 0 Å². The van der Waals surface area contributed by atoms with Crippen molar-refractivity contribution in [1.29, 1.82) is 0 Å². The molecule has 2 rings (SSSR count). The van der Waals surface area contributed by atoms with Gasteiger partial charge in [-0.1, -0.05) is 18.9 Å². The normalized spacial score (nSPS) is 22.0. The molecular weight excluding hydrogens is 262 g/mol. The van der Waals surface area contributed by atoms with Crippen LogP contribution in [0.4, 0.5) is 0 Å². The first-order valence-corrected chi connectivity index (χ1v) is 8.34. The summed E-state index contributed by atoms with van der Waals surface area (Å²) in [6.07, 6.45) is 5.30. The molecule has 1 aliphatic rings. The second-order valence-corrected chi connectivity index (χ2v) is 5.78. The van der Waals surface area contributed by atoms with Crippen molar-refractivity contribution >= 4 is 0 Å². The summed E-state index contributed by atoms with van der Waals surface area (Å²) in [4.78, 5) is 0. The monoisotopic (exact) mass is 291 g/mol. The summed E-state index contributed by atoms with van der Waals surface area (Å²) < 4.78 is 11.4. The van der Waals surface area contributed by atoms with Crippen molar-refractivity contribution in [3.05, 3.63) is 23.8 Å². The number of hydrogen-bond donors (Lipinski definition) is 1. The molecule has 0 saturated heterocycles. The van der Waals surface area contributed by atoms with Gasteiger partial charge in [-0.2, -0.15) is 0 Å². The Bertz CT molecular complexity index is 431. The van der Waals surface area contributed by atoms with Gasteiger partial charge in [0.2, 0.25) is 0 Å². The summed E-state index contributed by atoms with van der Waals surface area (Å²) in [5.74, 6) is 3.13. The minimum absolute atomic E-state index is 0.640. The van der Waals surface area contributed by atoms with Crippen LogP contribution in [0.5, 0.6) is 11.5 Å². The lowest BCUT2D eigenvalue weighted by Gasteiger charge is -2.32. The Labute approximate surface area is 129 Å². The van der Waals surface area contributed by atoms with Gasteiger partial charge in [0.1, 0.15) is 0 Å². The highest BCUT2D eigenvalue weighted by atomic mass is 16.5. The van der Waals surface area contributed by atoms with E-state index in [1.165, 1.54) is 31.2 Å². The molecule has 0 radical (unpaired) electrons. The van der Waals surface area contributed by atoms with E-state index in [1.807, 2.05) is 13.8 Å². The SMILES string of the molecule is CCOc1ccc(C2CCCCC2CNC)cc1OCC. The first-order chi connectivity index (χ1) is 10.3. The second-order valence-electron chi connectivity index (χ2n) is 5.78. The van der Waals surface area contributed by atoms with Gasteiger partial charge in [-0.25, -0.2) is 0 Å². The van der Waals surface area contributed by atoms with Crippen molar-refractivity contribution in [2.45, 2.75) is 45.4 Å². The number of nitrogens with one attached hydrogen (secondary N) is 1. The Morgan fingerprint density at radius 2 is 1.76 bits per heavy atom. The standard InChI is InChI=1S/C18H29NO2/c1-4-20-17-11-10-14(12-18(17)21-5-2)16-9-7-6-8-15(16)13-19-3/h10-12,15-16,19H,4-9,13H2,1-3H3. The fraction of sp³-hybridized carbons (Fsp3) is 0.667. The topological polar surface area (TPSA) is 30.5 Å². The summed E-state index contributed by atoms with van der Waals surface area (Å²) in [6.45, 7) is 6.47. The molecule has 1 aromatic rings. The molecule has 118 valence electrons. The van der Waals surface area contributed by atoms with E-state index in [-0.39, 0.29) is 0 Å². The molecule has 3 heteroatoms. The molecule has 3 nitrogen and oxygen atoms in total. The van der Waals surface area contributed by atoms with E-state index in [0.29, 0.717) is 19.1 Å². The molecular formula is C18H29NO2. The van der Waals surface area contributed by atoms with Gasteiger partial charge in [0.25, 0.3) is 0 Å². The number of rotatable bonds is 7. The number of hydrogen-bond acceptors (Lipinski definition) is 3. The highest BCUT2D eigenvalue weighted by Gasteiger charge is 2.26. The molecule has 2 atom stereocenters. The molecule has 0 spiro atoms. The maximum absolute atomic E-state index is 5.78.